The van der Waals surface area contributed by atoms with Gasteiger partial charge in [0, 0.05) is 30.7 Å². The Hall–Kier alpha value is -2.82. The molecule has 0 aliphatic carbocycles. The van der Waals surface area contributed by atoms with Crippen LogP contribution < -0.4 is 0 Å². The van der Waals surface area contributed by atoms with Gasteiger partial charge in [-0.1, -0.05) is 30.3 Å². The van der Waals surface area contributed by atoms with Crippen LogP contribution in [0.15, 0.2) is 54.7 Å². The minimum absolute atomic E-state index is 0.0394. The highest BCUT2D eigenvalue weighted by Gasteiger charge is 2.32. The van der Waals surface area contributed by atoms with Crippen LogP contribution in [-0.4, -0.2) is 32.1 Å². The van der Waals surface area contributed by atoms with E-state index >= 15 is 0 Å². The Morgan fingerprint density at radius 1 is 1.21 bits per heavy atom. The van der Waals surface area contributed by atoms with E-state index in [1.165, 1.54) is 5.69 Å². The van der Waals surface area contributed by atoms with Gasteiger partial charge in [0.2, 0.25) is 5.91 Å². The Morgan fingerprint density at radius 2 is 2.04 bits per heavy atom. The van der Waals surface area contributed by atoms with Crippen molar-refractivity contribution in [2.24, 2.45) is 0 Å². The molecule has 2 aromatic heterocycles. The van der Waals surface area contributed by atoms with Crippen LogP contribution in [0.25, 0.3) is 0 Å². The number of nitrogens with one attached hydrogen (secondary N) is 1. The summed E-state index contributed by atoms with van der Waals surface area (Å²) in [5, 5.41) is 7.11. The Balaban J connectivity index is 1.67. The van der Waals surface area contributed by atoms with E-state index in [1.807, 2.05) is 36.1 Å². The van der Waals surface area contributed by atoms with Crippen LogP contribution in [0.3, 0.4) is 0 Å². The van der Waals surface area contributed by atoms with Crippen LogP contribution in [0.1, 0.15) is 28.7 Å². The zero-order chi connectivity index (χ0) is 16.5. The van der Waals surface area contributed by atoms with Crippen molar-refractivity contribution in [2.75, 3.05) is 6.54 Å². The highest BCUT2D eigenvalue weighted by molar-refractivity contribution is 5.79. The maximum Gasteiger partial charge on any atom is 0.229 e. The van der Waals surface area contributed by atoms with Crippen LogP contribution in [0, 0.1) is 6.92 Å². The van der Waals surface area contributed by atoms with Gasteiger partial charge in [-0.15, -0.1) is 0 Å². The number of carbonyl (C=O) groups is 1. The molecule has 0 spiro atoms. The van der Waals surface area contributed by atoms with Gasteiger partial charge >= 0.3 is 0 Å². The minimum atomic E-state index is -0.0394. The molecule has 1 atom stereocenters. The molecular weight excluding hydrogens is 300 g/mol. The van der Waals surface area contributed by atoms with Gasteiger partial charge in [-0.05, 0) is 30.7 Å². The number of hydrogen-bond acceptors (Lipinski definition) is 2. The molecule has 24 heavy (non-hydrogen) atoms. The van der Waals surface area contributed by atoms with Gasteiger partial charge in [0.05, 0.1) is 18.2 Å². The van der Waals surface area contributed by atoms with Crippen molar-refractivity contribution in [3.63, 3.8) is 0 Å². The number of aromatic nitrogens is 3. The Labute approximate surface area is 140 Å². The standard InChI is InChI=1S/C19H20N4O/c1-14-12-16(21-20-14)13-18(24)23-11-10-22-9-5-8-17(22)19(23)15-6-3-2-4-7-15/h2-9,12,19H,10-11,13H2,1H3,(H,20,21). The molecule has 3 aromatic rings. The number of aromatic amines is 1. The van der Waals surface area contributed by atoms with E-state index in [0.717, 1.165) is 23.5 Å². The van der Waals surface area contributed by atoms with Crippen molar-refractivity contribution in [3.05, 3.63) is 77.4 Å². The second kappa shape index (κ2) is 6.00. The molecule has 1 amide bonds. The normalized spacial score (nSPS) is 16.9. The summed E-state index contributed by atoms with van der Waals surface area (Å²) in [7, 11) is 0. The van der Waals surface area contributed by atoms with Crippen LogP contribution in [0.4, 0.5) is 0 Å². The number of aryl methyl sites for hydroxylation is 1. The number of amides is 1. The molecule has 1 aliphatic heterocycles. The summed E-state index contributed by atoms with van der Waals surface area (Å²) in [5.74, 6) is 0.114. The van der Waals surface area contributed by atoms with Gasteiger partial charge in [-0.25, -0.2) is 0 Å². The summed E-state index contributed by atoms with van der Waals surface area (Å²) in [4.78, 5) is 14.9. The van der Waals surface area contributed by atoms with E-state index in [4.69, 9.17) is 0 Å². The maximum absolute atomic E-state index is 13.0. The first-order valence-corrected chi connectivity index (χ1v) is 8.23. The molecular formula is C19H20N4O. The lowest BCUT2D eigenvalue weighted by Crippen LogP contribution is -2.43. The summed E-state index contributed by atoms with van der Waals surface area (Å²) >= 11 is 0. The summed E-state index contributed by atoms with van der Waals surface area (Å²) in [6.45, 7) is 3.49. The molecule has 122 valence electrons. The molecule has 0 saturated carbocycles. The number of benzene rings is 1. The number of nitrogens with zero attached hydrogens (tertiary/aromatic N) is 3. The van der Waals surface area contributed by atoms with Gasteiger partial charge in [0.1, 0.15) is 0 Å². The Morgan fingerprint density at radius 3 is 2.79 bits per heavy atom. The van der Waals surface area contributed by atoms with Crippen LogP contribution in [0.2, 0.25) is 0 Å². The van der Waals surface area contributed by atoms with E-state index in [1.54, 1.807) is 0 Å². The molecule has 1 aromatic carbocycles. The summed E-state index contributed by atoms with van der Waals surface area (Å²) in [5.41, 5.74) is 4.08. The predicted octanol–water partition coefficient (Wildman–Crippen LogP) is 2.69. The van der Waals surface area contributed by atoms with Crippen LogP contribution in [0.5, 0.6) is 0 Å². The minimum Gasteiger partial charge on any atom is -0.348 e. The third kappa shape index (κ3) is 2.62. The van der Waals surface area contributed by atoms with Gasteiger partial charge in [-0.2, -0.15) is 5.10 Å². The monoisotopic (exact) mass is 320 g/mol. The van der Waals surface area contributed by atoms with E-state index in [0.29, 0.717) is 13.0 Å². The molecule has 0 fully saturated rings. The zero-order valence-corrected chi connectivity index (χ0v) is 13.6. The topological polar surface area (TPSA) is 53.9 Å². The maximum atomic E-state index is 13.0. The first-order chi connectivity index (χ1) is 11.7. The lowest BCUT2D eigenvalue weighted by Gasteiger charge is -2.37. The summed E-state index contributed by atoms with van der Waals surface area (Å²) < 4.78 is 2.24. The van der Waals surface area contributed by atoms with Crippen molar-refractivity contribution in [3.8, 4) is 0 Å². The molecule has 5 nitrogen and oxygen atoms in total. The molecule has 0 radical (unpaired) electrons. The lowest BCUT2D eigenvalue weighted by molar-refractivity contribution is -0.133. The first kappa shape index (κ1) is 14.8. The fourth-order valence-electron chi connectivity index (χ4n) is 3.46. The third-order valence-electron chi connectivity index (χ3n) is 4.57. The Bertz CT molecular complexity index is 849. The van der Waals surface area contributed by atoms with E-state index in [2.05, 4.69) is 45.2 Å². The number of H-pyrrole nitrogens is 1. The van der Waals surface area contributed by atoms with Gasteiger partial charge < -0.3 is 9.47 Å². The van der Waals surface area contributed by atoms with Crippen molar-refractivity contribution >= 4 is 5.91 Å². The smallest absolute Gasteiger partial charge is 0.229 e. The Kier molecular flexibility index (Phi) is 3.69. The molecule has 1 unspecified atom stereocenters. The second-order valence-electron chi connectivity index (χ2n) is 6.25. The molecule has 0 saturated heterocycles. The fourth-order valence-corrected chi connectivity index (χ4v) is 3.46. The van der Waals surface area contributed by atoms with E-state index < -0.39 is 0 Å². The van der Waals surface area contributed by atoms with E-state index in [9.17, 15) is 4.79 Å². The van der Waals surface area contributed by atoms with Crippen LogP contribution in [-0.2, 0) is 17.8 Å². The molecule has 3 heterocycles. The predicted molar refractivity (Wildman–Crippen MR) is 91.5 cm³/mol. The average Bonchev–Trinajstić information content (AvgIpc) is 3.23. The second-order valence-corrected chi connectivity index (χ2v) is 6.25. The lowest BCUT2D eigenvalue weighted by atomic mass is 9.99. The van der Waals surface area contributed by atoms with Gasteiger partial charge in [0.15, 0.2) is 0 Å². The average molecular weight is 320 g/mol. The molecule has 1 N–H and O–H groups in total. The largest absolute Gasteiger partial charge is 0.348 e. The van der Waals surface area contributed by atoms with Crippen molar-refractivity contribution in [1.29, 1.82) is 0 Å². The highest BCUT2D eigenvalue weighted by atomic mass is 16.2. The third-order valence-corrected chi connectivity index (χ3v) is 4.57. The van der Waals surface area contributed by atoms with E-state index in [-0.39, 0.29) is 11.9 Å². The fraction of sp³-hybridized carbons (Fsp3) is 0.263. The summed E-state index contributed by atoms with van der Waals surface area (Å²) in [6, 6.07) is 16.3. The zero-order valence-electron chi connectivity index (χ0n) is 13.6. The van der Waals surface area contributed by atoms with Crippen LogP contribution >= 0.6 is 0 Å². The van der Waals surface area contributed by atoms with Crippen molar-refractivity contribution in [1.82, 2.24) is 19.7 Å². The number of hydrogen-bond donors (Lipinski definition) is 1. The molecule has 4 rings (SSSR count). The molecule has 0 bridgehead atoms. The first-order valence-electron chi connectivity index (χ1n) is 8.23. The molecule has 1 aliphatic rings. The SMILES string of the molecule is Cc1cc(CC(=O)N2CCn3cccc3C2c2ccccc2)n[nH]1. The van der Waals surface area contributed by atoms with Gasteiger partial charge in [0.25, 0.3) is 0 Å². The summed E-state index contributed by atoms with van der Waals surface area (Å²) in [6.07, 6.45) is 2.42. The number of carbonyl (C=O) groups excluding carboxylic acids is 1. The van der Waals surface area contributed by atoms with Crippen molar-refractivity contribution in [2.45, 2.75) is 25.9 Å². The highest BCUT2D eigenvalue weighted by Crippen LogP contribution is 2.32. The number of rotatable bonds is 3. The quantitative estimate of drug-likeness (QED) is 0.807. The number of fused-ring (bicyclic) bond motifs is 1. The van der Waals surface area contributed by atoms with Crippen molar-refractivity contribution < 1.29 is 4.79 Å². The molecule has 5 heteroatoms. The van der Waals surface area contributed by atoms with Gasteiger partial charge in [-0.3, -0.25) is 9.89 Å².